The van der Waals surface area contributed by atoms with Crippen LogP contribution in [0, 0.1) is 0 Å². The molecule has 1 unspecified atom stereocenters. The lowest BCUT2D eigenvalue weighted by molar-refractivity contribution is -0.167. The molecule has 0 heterocycles. The third kappa shape index (κ3) is 51.8. The second kappa shape index (κ2) is 54.5. The molecule has 0 bridgehead atoms. The van der Waals surface area contributed by atoms with Crippen molar-refractivity contribution in [1.82, 2.24) is 0 Å². The Morgan fingerprint density at radius 1 is 0.333 bits per heavy atom. The molecule has 0 saturated carbocycles. The monoisotopic (exact) mass is 921 g/mol. The maximum absolute atomic E-state index is 12.8. The Kier molecular flexibility index (Phi) is 51.9. The van der Waals surface area contributed by atoms with E-state index in [0.29, 0.717) is 12.8 Å². The van der Waals surface area contributed by atoms with E-state index in [1.807, 2.05) is 0 Å². The van der Waals surface area contributed by atoms with Crippen LogP contribution in [0.3, 0.4) is 0 Å². The Balaban J connectivity index is 4.45. The van der Waals surface area contributed by atoms with Crippen LogP contribution < -0.4 is 0 Å². The molecule has 0 aromatic rings. The van der Waals surface area contributed by atoms with Gasteiger partial charge in [-0.25, -0.2) is 0 Å². The molecule has 6 nitrogen and oxygen atoms in total. The molecule has 66 heavy (non-hydrogen) atoms. The normalized spacial score (nSPS) is 12.6. The van der Waals surface area contributed by atoms with E-state index in [1.54, 1.807) is 0 Å². The second-order valence-corrected chi connectivity index (χ2v) is 18.5. The summed E-state index contributed by atoms with van der Waals surface area (Å²) in [4.78, 5) is 38.1. The first kappa shape index (κ1) is 62.8. The van der Waals surface area contributed by atoms with Crippen molar-refractivity contribution >= 4 is 17.9 Å². The highest BCUT2D eigenvalue weighted by Gasteiger charge is 2.19. The van der Waals surface area contributed by atoms with Gasteiger partial charge in [0.1, 0.15) is 13.2 Å². The Morgan fingerprint density at radius 2 is 0.636 bits per heavy atom. The van der Waals surface area contributed by atoms with E-state index < -0.39 is 6.10 Å². The number of esters is 3. The van der Waals surface area contributed by atoms with Crippen LogP contribution in [0.1, 0.15) is 271 Å². The van der Waals surface area contributed by atoms with Crippen LogP contribution in [0.25, 0.3) is 0 Å². The molecule has 0 aliphatic heterocycles. The van der Waals surface area contributed by atoms with Crippen molar-refractivity contribution in [1.29, 1.82) is 0 Å². The molecule has 0 aliphatic rings. The summed E-state index contributed by atoms with van der Waals surface area (Å²) >= 11 is 0. The van der Waals surface area contributed by atoms with Crippen molar-refractivity contribution in [2.75, 3.05) is 13.2 Å². The molecule has 0 N–H and O–H groups in total. The zero-order chi connectivity index (χ0) is 47.9. The van der Waals surface area contributed by atoms with Crippen LogP contribution in [-0.2, 0) is 28.6 Å². The van der Waals surface area contributed by atoms with Crippen molar-refractivity contribution in [3.63, 3.8) is 0 Å². The fourth-order valence-corrected chi connectivity index (χ4v) is 7.74. The second-order valence-electron chi connectivity index (χ2n) is 18.5. The third-order valence-corrected chi connectivity index (χ3v) is 11.9. The number of carbonyl (C=O) groups is 3. The Morgan fingerprint density at radius 3 is 1.05 bits per heavy atom. The minimum atomic E-state index is -0.802. The molecule has 0 amide bonds. The molecule has 0 radical (unpaired) electrons. The molecule has 0 spiro atoms. The summed E-state index contributed by atoms with van der Waals surface area (Å²) < 4.78 is 16.8. The first-order chi connectivity index (χ1) is 32.5. The van der Waals surface area contributed by atoms with E-state index in [4.69, 9.17) is 14.2 Å². The SMILES string of the molecule is CC/C=C\C/C=C\C/C=C\CCCCCCC(=O)OCC(COC(=O)CCCCCCC/C=C\CCCCCCCCCCC)OC(=O)CCCCC/C=C\C=C/CCCCCCCCC. The maximum atomic E-state index is 12.8. The number of rotatable bonds is 50. The number of carbonyl (C=O) groups excluding carboxylic acids is 3. The van der Waals surface area contributed by atoms with Crippen molar-refractivity contribution < 1.29 is 28.6 Å². The van der Waals surface area contributed by atoms with E-state index in [2.05, 4.69) is 93.7 Å². The average Bonchev–Trinajstić information content (AvgIpc) is 3.31. The number of hydrogen-bond acceptors (Lipinski definition) is 6. The van der Waals surface area contributed by atoms with E-state index in [9.17, 15) is 14.4 Å². The van der Waals surface area contributed by atoms with Crippen molar-refractivity contribution in [3.8, 4) is 0 Å². The van der Waals surface area contributed by atoms with Crippen molar-refractivity contribution in [2.24, 2.45) is 0 Å². The summed E-state index contributed by atoms with van der Waals surface area (Å²) in [6, 6.07) is 0. The van der Waals surface area contributed by atoms with Gasteiger partial charge in [-0.05, 0) is 103 Å². The molecule has 0 aromatic heterocycles. The van der Waals surface area contributed by atoms with Gasteiger partial charge < -0.3 is 14.2 Å². The summed E-state index contributed by atoms with van der Waals surface area (Å²) in [7, 11) is 0. The lowest BCUT2D eigenvalue weighted by atomic mass is 10.1. The third-order valence-electron chi connectivity index (χ3n) is 11.9. The highest BCUT2D eigenvalue weighted by atomic mass is 16.6. The minimum absolute atomic E-state index is 0.0975. The van der Waals surface area contributed by atoms with Gasteiger partial charge in [-0.15, -0.1) is 0 Å². The number of allylic oxidation sites excluding steroid dienone is 12. The van der Waals surface area contributed by atoms with Gasteiger partial charge in [-0.3, -0.25) is 14.4 Å². The number of ether oxygens (including phenoxy) is 3. The van der Waals surface area contributed by atoms with Gasteiger partial charge in [-0.2, -0.15) is 0 Å². The predicted molar refractivity (Wildman–Crippen MR) is 284 cm³/mol. The topological polar surface area (TPSA) is 78.9 Å². The molecular formula is C60H104O6. The smallest absolute Gasteiger partial charge is 0.306 e. The molecule has 1 atom stereocenters. The first-order valence-corrected chi connectivity index (χ1v) is 28.0. The van der Waals surface area contributed by atoms with Crippen molar-refractivity contribution in [2.45, 2.75) is 277 Å². The molecular weight excluding hydrogens is 817 g/mol. The Bertz CT molecular complexity index is 1240. The molecule has 0 aliphatic carbocycles. The zero-order valence-corrected chi connectivity index (χ0v) is 43.4. The maximum Gasteiger partial charge on any atom is 0.306 e. The fourth-order valence-electron chi connectivity index (χ4n) is 7.74. The molecule has 6 heteroatoms. The average molecular weight is 921 g/mol. The molecule has 0 saturated heterocycles. The number of unbranched alkanes of at least 4 members (excludes halogenated alkanes) is 28. The molecule has 380 valence electrons. The van der Waals surface area contributed by atoms with Gasteiger partial charge >= 0.3 is 17.9 Å². The van der Waals surface area contributed by atoms with Gasteiger partial charge in [0.2, 0.25) is 0 Å². The minimum Gasteiger partial charge on any atom is -0.462 e. The van der Waals surface area contributed by atoms with Gasteiger partial charge in [-0.1, -0.05) is 222 Å². The summed E-state index contributed by atoms with van der Waals surface area (Å²) in [5, 5.41) is 0. The van der Waals surface area contributed by atoms with Gasteiger partial charge in [0.25, 0.3) is 0 Å². The lowest BCUT2D eigenvalue weighted by Crippen LogP contribution is -2.30. The summed E-state index contributed by atoms with van der Waals surface area (Å²) in [6.45, 7) is 6.49. The zero-order valence-electron chi connectivity index (χ0n) is 43.4. The van der Waals surface area contributed by atoms with E-state index in [-0.39, 0.29) is 37.5 Å². The molecule has 0 rings (SSSR count). The number of hydrogen-bond donors (Lipinski definition) is 0. The Hall–Kier alpha value is -3.15. The standard InChI is InChI=1S/C60H104O6/c1-4-7-10-13-16-19-22-25-28-30-31-33-35-38-41-44-47-50-53-59(62)65-56-57(55-64-58(61)52-49-46-43-40-37-34-27-24-21-18-15-12-9-6-3)66-60(63)54-51-48-45-42-39-36-32-29-26-23-20-17-14-11-8-5-2/h9,12,18,21,27,29,31-34,36,39,57H,4-8,10-11,13-17,19-20,22-26,28,30,35,37-38,40-56H2,1-3H3/b12-9-,21-18-,32-29-,33-31-,34-27-,39-36-. The van der Waals surface area contributed by atoms with Crippen molar-refractivity contribution in [3.05, 3.63) is 72.9 Å². The van der Waals surface area contributed by atoms with E-state index in [0.717, 1.165) is 109 Å². The van der Waals surface area contributed by atoms with Crippen LogP contribution in [0.2, 0.25) is 0 Å². The first-order valence-electron chi connectivity index (χ1n) is 28.0. The van der Waals surface area contributed by atoms with Gasteiger partial charge in [0.05, 0.1) is 0 Å². The molecule has 0 fully saturated rings. The largest absolute Gasteiger partial charge is 0.462 e. The summed E-state index contributed by atoms with van der Waals surface area (Å²) in [6.07, 6.45) is 68.9. The fraction of sp³-hybridized carbons (Fsp3) is 0.750. The predicted octanol–water partition coefficient (Wildman–Crippen LogP) is 18.6. The van der Waals surface area contributed by atoms with E-state index >= 15 is 0 Å². The quantitative estimate of drug-likeness (QED) is 0.0199. The van der Waals surface area contributed by atoms with Crippen LogP contribution in [0.15, 0.2) is 72.9 Å². The van der Waals surface area contributed by atoms with Gasteiger partial charge in [0, 0.05) is 19.3 Å². The van der Waals surface area contributed by atoms with Crippen LogP contribution in [-0.4, -0.2) is 37.2 Å². The van der Waals surface area contributed by atoms with E-state index in [1.165, 1.54) is 122 Å². The van der Waals surface area contributed by atoms with Crippen LogP contribution >= 0.6 is 0 Å². The molecule has 0 aromatic carbocycles. The highest BCUT2D eigenvalue weighted by molar-refractivity contribution is 5.71. The lowest BCUT2D eigenvalue weighted by Gasteiger charge is -2.18. The van der Waals surface area contributed by atoms with Crippen LogP contribution in [0.5, 0.6) is 0 Å². The van der Waals surface area contributed by atoms with Crippen LogP contribution in [0.4, 0.5) is 0 Å². The summed E-state index contributed by atoms with van der Waals surface area (Å²) in [5.74, 6) is -0.949. The summed E-state index contributed by atoms with van der Waals surface area (Å²) in [5.41, 5.74) is 0. The van der Waals surface area contributed by atoms with Gasteiger partial charge in [0.15, 0.2) is 6.10 Å². The Labute approximate surface area is 408 Å². The highest BCUT2D eigenvalue weighted by Crippen LogP contribution is 2.14.